The van der Waals surface area contributed by atoms with Crippen molar-refractivity contribution in [3.8, 4) is 22.9 Å². The van der Waals surface area contributed by atoms with Crippen LogP contribution < -0.4 is 15.4 Å². The number of nitrogens with zero attached hydrogens (tertiary/aromatic N) is 4. The summed E-state index contributed by atoms with van der Waals surface area (Å²) in [4.78, 5) is 26.4. The summed E-state index contributed by atoms with van der Waals surface area (Å²) in [6, 6.07) is 15.5. The molecule has 1 unspecified atom stereocenters. The van der Waals surface area contributed by atoms with E-state index in [9.17, 15) is 15.0 Å². The number of pyridine rings is 1. The van der Waals surface area contributed by atoms with Gasteiger partial charge in [0.15, 0.2) is 0 Å². The lowest BCUT2D eigenvalue weighted by atomic mass is 10.0. The molecule has 0 saturated carbocycles. The minimum atomic E-state index is -0.914. The van der Waals surface area contributed by atoms with Crippen molar-refractivity contribution in [2.24, 2.45) is 0 Å². The van der Waals surface area contributed by atoms with Crippen LogP contribution in [0.2, 0.25) is 0 Å². The van der Waals surface area contributed by atoms with Gasteiger partial charge in [-0.1, -0.05) is 24.3 Å². The quantitative estimate of drug-likeness (QED) is 0.245. The van der Waals surface area contributed by atoms with E-state index in [1.807, 2.05) is 49.4 Å². The van der Waals surface area contributed by atoms with Gasteiger partial charge in [0, 0.05) is 54.5 Å². The lowest BCUT2D eigenvalue weighted by Crippen LogP contribution is -2.44. The van der Waals surface area contributed by atoms with E-state index in [4.69, 9.17) is 9.72 Å². The summed E-state index contributed by atoms with van der Waals surface area (Å²) in [7, 11) is 0. The number of likely N-dealkylation sites (tertiary alicyclic amines) is 1. The van der Waals surface area contributed by atoms with E-state index >= 15 is 0 Å². The topological polar surface area (TPSA) is 133 Å². The second-order valence-corrected chi connectivity index (χ2v) is 9.78. The van der Waals surface area contributed by atoms with Crippen molar-refractivity contribution in [2.45, 2.75) is 38.8 Å². The Morgan fingerprint density at radius 3 is 2.82 bits per heavy atom. The number of fused-ring (bicyclic) bond motifs is 1. The van der Waals surface area contributed by atoms with Gasteiger partial charge in [-0.3, -0.25) is 0 Å². The van der Waals surface area contributed by atoms with Crippen molar-refractivity contribution < 1.29 is 19.7 Å². The first-order valence-electron chi connectivity index (χ1n) is 13.0. The van der Waals surface area contributed by atoms with E-state index in [2.05, 4.69) is 20.6 Å². The Kier molecular flexibility index (Phi) is 7.74. The van der Waals surface area contributed by atoms with Crippen LogP contribution in [0.4, 0.5) is 16.4 Å². The number of aromatic nitrogens is 3. The molecule has 0 aliphatic carbocycles. The zero-order chi connectivity index (χ0) is 27.4. The smallest absolute Gasteiger partial charge is 0.407 e. The van der Waals surface area contributed by atoms with Gasteiger partial charge in [0.05, 0.1) is 17.4 Å². The van der Waals surface area contributed by atoms with Crippen LogP contribution in [0.15, 0.2) is 60.9 Å². The van der Waals surface area contributed by atoms with Crippen molar-refractivity contribution >= 4 is 28.5 Å². The Morgan fingerprint density at radius 1 is 1.13 bits per heavy atom. The highest BCUT2D eigenvalue weighted by atomic mass is 16.5. The normalized spacial score (nSPS) is 16.1. The Balaban J connectivity index is 1.43. The lowest BCUT2D eigenvalue weighted by molar-refractivity contribution is 0.132. The molecule has 1 amide bonds. The number of hydrogen-bond donors (Lipinski definition) is 4. The van der Waals surface area contributed by atoms with Gasteiger partial charge < -0.3 is 30.5 Å². The van der Waals surface area contributed by atoms with E-state index in [1.165, 1.54) is 4.90 Å². The first-order valence-corrected chi connectivity index (χ1v) is 13.0. The molecule has 1 aliphatic rings. The predicted molar refractivity (Wildman–Crippen MR) is 150 cm³/mol. The van der Waals surface area contributed by atoms with Crippen LogP contribution in [0, 0.1) is 6.92 Å². The molecule has 1 aliphatic heterocycles. The molecule has 10 heteroatoms. The standard InChI is InChI=1S/C29H32N6O4/c1-18-10-11-21-22(7-3-9-24(21)32-16-19(2)36)26(18)39-27-23(8-4-13-30-27)25-12-14-31-28(34-25)33-20-6-5-15-35(17-20)29(37)38/h3-4,7-14,19-20,32,36H,5-6,15-17H2,1-2H3,(H,37,38)(H,31,33,34)/t19-,20?/m1/s1. The first-order chi connectivity index (χ1) is 18.9. The fraction of sp³-hybridized carbons (Fsp3) is 0.310. The number of carbonyl (C=O) groups is 1. The monoisotopic (exact) mass is 528 g/mol. The van der Waals surface area contributed by atoms with Gasteiger partial charge in [-0.15, -0.1) is 0 Å². The van der Waals surface area contributed by atoms with Gasteiger partial charge in [0.2, 0.25) is 11.8 Å². The highest BCUT2D eigenvalue weighted by molar-refractivity contribution is 5.98. The number of ether oxygens (including phenoxy) is 1. The fourth-order valence-electron chi connectivity index (χ4n) is 4.78. The Hall–Kier alpha value is -4.44. The van der Waals surface area contributed by atoms with Crippen molar-refractivity contribution in [1.29, 1.82) is 0 Å². The zero-order valence-electron chi connectivity index (χ0n) is 22.0. The van der Waals surface area contributed by atoms with E-state index < -0.39 is 12.2 Å². The van der Waals surface area contributed by atoms with Crippen LogP contribution in [-0.4, -0.2) is 67.9 Å². The van der Waals surface area contributed by atoms with Crippen molar-refractivity contribution in [3.05, 3.63) is 66.5 Å². The van der Waals surface area contributed by atoms with Crippen LogP contribution in [-0.2, 0) is 0 Å². The fourth-order valence-corrected chi connectivity index (χ4v) is 4.78. The number of hydrogen-bond acceptors (Lipinski definition) is 8. The number of carboxylic acid groups (broad SMARTS) is 1. The summed E-state index contributed by atoms with van der Waals surface area (Å²) < 4.78 is 6.48. The highest BCUT2D eigenvalue weighted by Crippen LogP contribution is 2.38. The molecule has 0 spiro atoms. The molecule has 4 N–H and O–H groups in total. The molecule has 0 bridgehead atoms. The molecule has 1 fully saturated rings. The molecule has 0 radical (unpaired) electrons. The molecule has 2 aromatic heterocycles. The van der Waals surface area contributed by atoms with Crippen molar-refractivity contribution in [2.75, 3.05) is 30.3 Å². The van der Waals surface area contributed by atoms with Crippen molar-refractivity contribution in [1.82, 2.24) is 19.9 Å². The van der Waals surface area contributed by atoms with E-state index in [0.29, 0.717) is 48.5 Å². The van der Waals surface area contributed by atoms with E-state index in [0.717, 1.165) is 34.9 Å². The maximum atomic E-state index is 11.4. The molecule has 2 aromatic carbocycles. The average molecular weight is 529 g/mol. The Labute approximate surface area is 226 Å². The largest absolute Gasteiger partial charge is 0.465 e. The third-order valence-corrected chi connectivity index (χ3v) is 6.72. The number of aliphatic hydroxyl groups excluding tert-OH is 1. The predicted octanol–water partition coefficient (Wildman–Crippen LogP) is 5.14. The number of aryl methyl sites for hydroxylation is 1. The second kappa shape index (κ2) is 11.5. The summed E-state index contributed by atoms with van der Waals surface area (Å²) in [5.41, 5.74) is 3.21. The number of amides is 1. The van der Waals surface area contributed by atoms with Crippen LogP contribution >= 0.6 is 0 Å². The molecule has 202 valence electrons. The summed E-state index contributed by atoms with van der Waals surface area (Å²) in [5, 5.41) is 27.6. The van der Waals surface area contributed by atoms with Gasteiger partial charge in [-0.25, -0.2) is 19.7 Å². The van der Waals surface area contributed by atoms with Gasteiger partial charge in [-0.05, 0) is 56.5 Å². The highest BCUT2D eigenvalue weighted by Gasteiger charge is 2.24. The maximum absolute atomic E-state index is 11.4. The number of anilines is 2. The lowest BCUT2D eigenvalue weighted by Gasteiger charge is -2.31. The molecule has 3 heterocycles. The Bertz CT molecular complexity index is 1480. The molecule has 39 heavy (non-hydrogen) atoms. The van der Waals surface area contributed by atoms with Crippen molar-refractivity contribution in [3.63, 3.8) is 0 Å². The summed E-state index contributed by atoms with van der Waals surface area (Å²) >= 11 is 0. The minimum Gasteiger partial charge on any atom is -0.465 e. The second-order valence-electron chi connectivity index (χ2n) is 9.78. The number of benzene rings is 2. The molecule has 10 nitrogen and oxygen atoms in total. The molecule has 4 aromatic rings. The van der Waals surface area contributed by atoms with E-state index in [1.54, 1.807) is 25.4 Å². The van der Waals surface area contributed by atoms with Crippen LogP contribution in [0.3, 0.4) is 0 Å². The van der Waals surface area contributed by atoms with Gasteiger partial charge >= 0.3 is 6.09 Å². The first kappa shape index (κ1) is 26.2. The summed E-state index contributed by atoms with van der Waals surface area (Å²) in [6.07, 6.45) is 3.58. The Morgan fingerprint density at radius 2 is 2.00 bits per heavy atom. The van der Waals surface area contributed by atoms with E-state index in [-0.39, 0.29) is 6.04 Å². The summed E-state index contributed by atoms with van der Waals surface area (Å²) in [5.74, 6) is 1.53. The molecule has 2 atom stereocenters. The number of nitrogens with one attached hydrogen (secondary N) is 2. The molecular formula is C29H32N6O4. The van der Waals surface area contributed by atoms with Crippen LogP contribution in [0.25, 0.3) is 22.0 Å². The molecular weight excluding hydrogens is 496 g/mol. The number of rotatable bonds is 8. The average Bonchev–Trinajstić information content (AvgIpc) is 2.94. The maximum Gasteiger partial charge on any atom is 0.407 e. The number of aliphatic hydroxyl groups is 1. The third kappa shape index (κ3) is 6.01. The number of piperidine rings is 1. The zero-order valence-corrected chi connectivity index (χ0v) is 22.0. The van der Waals surface area contributed by atoms with Crippen LogP contribution in [0.1, 0.15) is 25.3 Å². The SMILES string of the molecule is Cc1ccc2c(NC[C@@H](C)O)cccc2c1Oc1ncccc1-c1ccnc(NC2CCCN(C(=O)O)C2)n1. The van der Waals surface area contributed by atoms with Gasteiger partial charge in [0.1, 0.15) is 5.75 Å². The van der Waals surface area contributed by atoms with Gasteiger partial charge in [-0.2, -0.15) is 0 Å². The minimum absolute atomic E-state index is 0.0651. The molecule has 1 saturated heterocycles. The summed E-state index contributed by atoms with van der Waals surface area (Å²) in [6.45, 7) is 5.10. The third-order valence-electron chi connectivity index (χ3n) is 6.72. The molecule has 5 rings (SSSR count). The van der Waals surface area contributed by atoms with Crippen LogP contribution in [0.5, 0.6) is 11.6 Å². The van der Waals surface area contributed by atoms with Gasteiger partial charge in [0.25, 0.3) is 0 Å².